The number of primary amides is 2. The van der Waals surface area contributed by atoms with Gasteiger partial charge in [0, 0.05) is 5.92 Å². The molecule has 0 spiro atoms. The van der Waals surface area contributed by atoms with Crippen molar-refractivity contribution in [2.45, 2.75) is 5.92 Å². The highest BCUT2D eigenvalue weighted by Crippen LogP contribution is 2.12. The second-order valence-electron chi connectivity index (χ2n) is 3.15. The quantitative estimate of drug-likeness (QED) is 0.453. The number of aliphatic hydroxyl groups excluding tert-OH is 2. The van der Waals surface area contributed by atoms with E-state index in [0.717, 1.165) is 5.56 Å². The van der Waals surface area contributed by atoms with Gasteiger partial charge in [0.05, 0.1) is 13.2 Å². The van der Waals surface area contributed by atoms with Crippen molar-refractivity contribution in [2.75, 3.05) is 13.2 Å². The van der Waals surface area contributed by atoms with Gasteiger partial charge in [-0.3, -0.25) is 0 Å². The summed E-state index contributed by atoms with van der Waals surface area (Å²) in [4.78, 5) is 17.6. The van der Waals surface area contributed by atoms with Crippen molar-refractivity contribution in [1.29, 1.82) is 0 Å². The zero-order valence-corrected chi connectivity index (χ0v) is 10.1. The first kappa shape index (κ1) is 19.0. The molecule has 1 aromatic rings. The Balaban J connectivity index is 0. The van der Waals surface area contributed by atoms with Crippen LogP contribution in [0.3, 0.4) is 0 Å². The molecule has 1 rings (SSSR count). The van der Waals surface area contributed by atoms with E-state index in [0.29, 0.717) is 0 Å². The standard InChI is InChI=1S/C9H12O2.2CH3NO2/c10-6-9(7-11)8-4-2-1-3-5-8;2*2-1(3)4/h1-5,9-11H,6-7H2;2*2H2,(H,3,4). The Morgan fingerprint density at radius 3 is 1.53 bits per heavy atom. The van der Waals surface area contributed by atoms with E-state index in [9.17, 15) is 0 Å². The summed E-state index contributed by atoms with van der Waals surface area (Å²) in [6, 6.07) is 9.50. The maximum atomic E-state index is 8.82. The number of carbonyl (C=O) groups is 2. The summed E-state index contributed by atoms with van der Waals surface area (Å²) >= 11 is 0. The molecule has 108 valence electrons. The molecule has 0 heterocycles. The third-order valence-electron chi connectivity index (χ3n) is 1.71. The van der Waals surface area contributed by atoms with Crippen LogP contribution >= 0.6 is 0 Å². The van der Waals surface area contributed by atoms with Crippen LogP contribution in [0, 0.1) is 0 Å². The molecule has 0 aliphatic rings. The van der Waals surface area contributed by atoms with Crippen LogP contribution in [0.1, 0.15) is 11.5 Å². The molecule has 0 radical (unpaired) electrons. The van der Waals surface area contributed by atoms with Gasteiger partial charge in [-0.2, -0.15) is 0 Å². The van der Waals surface area contributed by atoms with Crippen LogP contribution in [-0.4, -0.2) is 45.8 Å². The Hall–Kier alpha value is -2.32. The van der Waals surface area contributed by atoms with Gasteiger partial charge >= 0.3 is 12.2 Å². The molecule has 0 saturated heterocycles. The van der Waals surface area contributed by atoms with Crippen LogP contribution < -0.4 is 11.5 Å². The number of aliphatic hydroxyl groups is 2. The fourth-order valence-electron chi connectivity index (χ4n) is 0.994. The largest absolute Gasteiger partial charge is 0.465 e. The lowest BCUT2D eigenvalue weighted by Crippen LogP contribution is -2.08. The van der Waals surface area contributed by atoms with E-state index < -0.39 is 12.2 Å². The molecule has 0 aliphatic carbocycles. The van der Waals surface area contributed by atoms with E-state index in [1.165, 1.54) is 0 Å². The average Bonchev–Trinajstić information content (AvgIpc) is 2.30. The minimum Gasteiger partial charge on any atom is -0.465 e. The topological polar surface area (TPSA) is 167 Å². The second kappa shape index (κ2) is 12.1. The molecule has 0 unspecified atom stereocenters. The fraction of sp³-hybridized carbons (Fsp3) is 0.273. The fourth-order valence-corrected chi connectivity index (χ4v) is 0.994. The molecule has 8 heteroatoms. The van der Waals surface area contributed by atoms with E-state index in [-0.39, 0.29) is 19.1 Å². The lowest BCUT2D eigenvalue weighted by atomic mass is 10.0. The highest BCUT2D eigenvalue weighted by atomic mass is 16.4. The van der Waals surface area contributed by atoms with Crippen molar-refractivity contribution in [3.8, 4) is 0 Å². The predicted octanol–water partition coefficient (Wildman–Crippen LogP) is 0.00100. The van der Waals surface area contributed by atoms with E-state index in [2.05, 4.69) is 11.5 Å². The van der Waals surface area contributed by atoms with Crippen molar-refractivity contribution in [3.63, 3.8) is 0 Å². The normalized spacial score (nSPS) is 8.58. The van der Waals surface area contributed by atoms with E-state index in [1.807, 2.05) is 30.3 Å². The van der Waals surface area contributed by atoms with Gasteiger partial charge in [-0.1, -0.05) is 30.3 Å². The lowest BCUT2D eigenvalue weighted by molar-refractivity contribution is 0.192. The Bertz CT molecular complexity index is 333. The molecular formula is C11H18N2O6. The number of benzene rings is 1. The van der Waals surface area contributed by atoms with E-state index in [4.69, 9.17) is 30.0 Å². The van der Waals surface area contributed by atoms with Crippen LogP contribution in [0.2, 0.25) is 0 Å². The van der Waals surface area contributed by atoms with Crippen LogP contribution in [0.25, 0.3) is 0 Å². The SMILES string of the molecule is NC(=O)O.NC(=O)O.OCC(CO)c1ccccc1. The molecule has 0 atom stereocenters. The van der Waals surface area contributed by atoms with E-state index >= 15 is 0 Å². The Kier molecular flexibility index (Phi) is 12.2. The second-order valence-corrected chi connectivity index (χ2v) is 3.15. The van der Waals surface area contributed by atoms with Crippen molar-refractivity contribution >= 4 is 12.2 Å². The van der Waals surface area contributed by atoms with Gasteiger partial charge in [0.25, 0.3) is 0 Å². The van der Waals surface area contributed by atoms with Crippen LogP contribution in [0.4, 0.5) is 9.59 Å². The number of nitrogens with two attached hydrogens (primary N) is 2. The third-order valence-corrected chi connectivity index (χ3v) is 1.71. The summed E-state index contributed by atoms with van der Waals surface area (Å²) < 4.78 is 0. The minimum absolute atomic E-state index is 0.000509. The molecule has 0 saturated carbocycles. The highest BCUT2D eigenvalue weighted by Gasteiger charge is 2.06. The van der Waals surface area contributed by atoms with Gasteiger partial charge < -0.3 is 31.9 Å². The van der Waals surface area contributed by atoms with Crippen LogP contribution in [-0.2, 0) is 0 Å². The summed E-state index contributed by atoms with van der Waals surface area (Å²) in [6.07, 6.45) is -2.67. The molecular weight excluding hydrogens is 256 g/mol. The van der Waals surface area contributed by atoms with Crippen molar-refractivity contribution < 1.29 is 30.0 Å². The average molecular weight is 274 g/mol. The molecule has 0 aromatic heterocycles. The summed E-state index contributed by atoms with van der Waals surface area (Å²) in [5.41, 5.74) is 9.04. The molecule has 0 aliphatic heterocycles. The molecule has 8 N–H and O–H groups in total. The minimum atomic E-state index is -1.33. The zero-order chi connectivity index (χ0) is 15.3. The molecule has 2 amide bonds. The monoisotopic (exact) mass is 274 g/mol. The molecule has 0 fully saturated rings. The zero-order valence-electron chi connectivity index (χ0n) is 10.1. The number of amides is 2. The van der Waals surface area contributed by atoms with E-state index in [1.54, 1.807) is 0 Å². The lowest BCUT2D eigenvalue weighted by Gasteiger charge is -2.09. The van der Waals surface area contributed by atoms with Crippen LogP contribution in [0.15, 0.2) is 30.3 Å². The van der Waals surface area contributed by atoms with Gasteiger partial charge in [0.15, 0.2) is 0 Å². The first-order valence-corrected chi connectivity index (χ1v) is 5.08. The molecule has 19 heavy (non-hydrogen) atoms. The van der Waals surface area contributed by atoms with Gasteiger partial charge in [0.1, 0.15) is 0 Å². The summed E-state index contributed by atoms with van der Waals surface area (Å²) in [7, 11) is 0. The number of rotatable bonds is 3. The van der Waals surface area contributed by atoms with Crippen LogP contribution in [0.5, 0.6) is 0 Å². The maximum Gasteiger partial charge on any atom is 0.402 e. The maximum absolute atomic E-state index is 8.82. The Morgan fingerprint density at radius 1 is 0.947 bits per heavy atom. The molecule has 8 nitrogen and oxygen atoms in total. The summed E-state index contributed by atoms with van der Waals surface area (Å²) in [5.74, 6) is -0.129. The van der Waals surface area contributed by atoms with Gasteiger partial charge in [-0.15, -0.1) is 0 Å². The van der Waals surface area contributed by atoms with Gasteiger partial charge in [-0.05, 0) is 5.56 Å². The molecule has 1 aromatic carbocycles. The third kappa shape index (κ3) is 15.7. The van der Waals surface area contributed by atoms with Gasteiger partial charge in [0.2, 0.25) is 0 Å². The smallest absolute Gasteiger partial charge is 0.402 e. The number of hydrogen-bond acceptors (Lipinski definition) is 4. The Labute approximate surface area is 109 Å². The summed E-state index contributed by atoms with van der Waals surface area (Å²) in [6.45, 7) is 0.00102. The van der Waals surface area contributed by atoms with Crippen molar-refractivity contribution in [3.05, 3.63) is 35.9 Å². The highest BCUT2D eigenvalue weighted by molar-refractivity contribution is 5.61. The Morgan fingerprint density at radius 2 is 1.26 bits per heavy atom. The number of carboxylic acid groups (broad SMARTS) is 2. The van der Waals surface area contributed by atoms with Crippen molar-refractivity contribution in [1.82, 2.24) is 0 Å². The predicted molar refractivity (Wildman–Crippen MR) is 67.8 cm³/mol. The van der Waals surface area contributed by atoms with Gasteiger partial charge in [-0.25, -0.2) is 9.59 Å². The molecule has 0 bridgehead atoms. The first-order valence-electron chi connectivity index (χ1n) is 5.08. The number of hydrogen-bond donors (Lipinski definition) is 6. The first-order chi connectivity index (χ1) is 8.84. The van der Waals surface area contributed by atoms with Crippen molar-refractivity contribution in [2.24, 2.45) is 11.5 Å². The summed E-state index contributed by atoms with van der Waals surface area (Å²) in [5, 5.41) is 32.0.